The largest absolute Gasteiger partial charge is 0.469 e. The van der Waals surface area contributed by atoms with Gasteiger partial charge in [-0.1, -0.05) is 19.8 Å². The molecule has 0 aliphatic carbocycles. The Morgan fingerprint density at radius 2 is 1.74 bits per heavy atom. The van der Waals surface area contributed by atoms with E-state index in [0.717, 1.165) is 19.3 Å². The number of hydrogen-bond acceptors (Lipinski definition) is 5. The number of ether oxygens (including phenoxy) is 2. The lowest BCUT2D eigenvalue weighted by Crippen LogP contribution is -2.40. The molecule has 0 aliphatic rings. The summed E-state index contributed by atoms with van der Waals surface area (Å²) in [5.41, 5.74) is -0.609. The van der Waals surface area contributed by atoms with Crippen molar-refractivity contribution >= 4 is 17.8 Å². The first kappa shape index (κ1) is 21.4. The number of nitrogens with one attached hydrogen (secondary N) is 1. The smallest absolute Gasteiger partial charge is 0.407 e. The zero-order chi connectivity index (χ0) is 17.9. The van der Waals surface area contributed by atoms with Crippen LogP contribution in [0.2, 0.25) is 0 Å². The lowest BCUT2D eigenvalue weighted by molar-refractivity contribution is -0.141. The number of ketones is 1. The molecule has 1 N–H and O–H groups in total. The highest BCUT2D eigenvalue weighted by molar-refractivity contribution is 5.80. The van der Waals surface area contributed by atoms with E-state index in [-0.39, 0.29) is 24.6 Å². The van der Waals surface area contributed by atoms with Crippen LogP contribution in [-0.2, 0) is 19.1 Å². The number of methoxy groups -OCH3 is 1. The van der Waals surface area contributed by atoms with Gasteiger partial charge >= 0.3 is 12.1 Å². The van der Waals surface area contributed by atoms with Crippen LogP contribution in [0.1, 0.15) is 72.6 Å². The second-order valence-electron chi connectivity index (χ2n) is 6.66. The molecule has 0 fully saturated rings. The quantitative estimate of drug-likeness (QED) is 0.491. The molecule has 1 amide bonds. The summed E-state index contributed by atoms with van der Waals surface area (Å²) < 4.78 is 9.81. The zero-order valence-corrected chi connectivity index (χ0v) is 15.1. The van der Waals surface area contributed by atoms with E-state index in [1.807, 2.05) is 0 Å². The number of carbonyl (C=O) groups excluding carboxylic acids is 3. The third-order valence-corrected chi connectivity index (χ3v) is 3.18. The van der Waals surface area contributed by atoms with Crippen molar-refractivity contribution in [2.45, 2.75) is 84.3 Å². The molecule has 0 aliphatic heterocycles. The number of unbranched alkanes of at least 4 members (excludes halogenated alkanes) is 2. The molecular formula is C17H31NO5. The molecule has 0 bridgehead atoms. The molecule has 0 aromatic rings. The Bertz CT molecular complexity index is 387. The molecule has 0 unspecified atom stereocenters. The normalized spacial score (nSPS) is 12.4. The molecule has 0 radical (unpaired) electrons. The fourth-order valence-electron chi connectivity index (χ4n) is 2.04. The maximum Gasteiger partial charge on any atom is 0.407 e. The van der Waals surface area contributed by atoms with Gasteiger partial charge in [0.25, 0.3) is 0 Å². The predicted octanol–water partition coefficient (Wildman–Crippen LogP) is 3.37. The van der Waals surface area contributed by atoms with Crippen LogP contribution in [0.5, 0.6) is 0 Å². The molecule has 0 saturated carbocycles. The highest BCUT2D eigenvalue weighted by Crippen LogP contribution is 2.11. The molecule has 0 aromatic carbocycles. The summed E-state index contributed by atoms with van der Waals surface area (Å²) in [4.78, 5) is 35.1. The van der Waals surface area contributed by atoms with Crippen LogP contribution in [-0.4, -0.2) is 36.6 Å². The summed E-state index contributed by atoms with van der Waals surface area (Å²) >= 11 is 0. The number of esters is 1. The van der Waals surface area contributed by atoms with Crippen molar-refractivity contribution in [1.82, 2.24) is 5.32 Å². The third kappa shape index (κ3) is 12.6. The molecule has 0 rings (SSSR count). The zero-order valence-electron chi connectivity index (χ0n) is 15.1. The molecule has 6 nitrogen and oxygen atoms in total. The highest BCUT2D eigenvalue weighted by Gasteiger charge is 2.22. The Kier molecular flexibility index (Phi) is 10.3. The minimum absolute atomic E-state index is 0.0874. The molecule has 0 heterocycles. The summed E-state index contributed by atoms with van der Waals surface area (Å²) in [6.07, 6.45) is 3.55. The second kappa shape index (κ2) is 11.0. The van der Waals surface area contributed by atoms with Gasteiger partial charge in [0.05, 0.1) is 7.11 Å². The molecular weight excluding hydrogens is 298 g/mol. The number of rotatable bonds is 10. The molecule has 0 saturated heterocycles. The van der Waals surface area contributed by atoms with E-state index in [4.69, 9.17) is 4.74 Å². The lowest BCUT2D eigenvalue weighted by Gasteiger charge is -2.23. The standard InChI is InChI=1S/C17H31NO5/c1-6-7-8-9-14(19)12-13(10-11-15(20)22-5)18-16(21)23-17(2,3)4/h13H,6-12H2,1-5H3,(H,18,21)/t13-/m0/s1. The first-order valence-electron chi connectivity index (χ1n) is 8.26. The Labute approximate surface area is 139 Å². The van der Waals surface area contributed by atoms with Crippen LogP contribution < -0.4 is 5.32 Å². The Morgan fingerprint density at radius 1 is 1.09 bits per heavy atom. The summed E-state index contributed by atoms with van der Waals surface area (Å²) in [7, 11) is 1.31. The fraction of sp³-hybridized carbons (Fsp3) is 0.824. The highest BCUT2D eigenvalue weighted by atomic mass is 16.6. The molecule has 23 heavy (non-hydrogen) atoms. The maximum atomic E-state index is 12.0. The number of hydrogen-bond donors (Lipinski definition) is 1. The lowest BCUT2D eigenvalue weighted by atomic mass is 10.0. The van der Waals surface area contributed by atoms with E-state index >= 15 is 0 Å². The van der Waals surface area contributed by atoms with Crippen LogP contribution in [0.4, 0.5) is 4.79 Å². The Morgan fingerprint density at radius 3 is 2.26 bits per heavy atom. The van der Waals surface area contributed by atoms with Crippen molar-refractivity contribution in [3.05, 3.63) is 0 Å². The predicted molar refractivity (Wildman–Crippen MR) is 88.2 cm³/mol. The van der Waals surface area contributed by atoms with Gasteiger partial charge in [0.1, 0.15) is 11.4 Å². The van der Waals surface area contributed by atoms with Crippen molar-refractivity contribution < 1.29 is 23.9 Å². The number of Topliss-reactive ketones (excluding diaryl/α,β-unsaturated/α-hetero) is 1. The van der Waals surface area contributed by atoms with Gasteiger partial charge in [-0.2, -0.15) is 0 Å². The summed E-state index contributed by atoms with van der Waals surface area (Å²) in [6, 6.07) is -0.418. The Hall–Kier alpha value is -1.59. The number of carbonyl (C=O) groups is 3. The van der Waals surface area contributed by atoms with E-state index in [9.17, 15) is 14.4 Å². The minimum Gasteiger partial charge on any atom is -0.469 e. The van der Waals surface area contributed by atoms with Crippen LogP contribution in [0.25, 0.3) is 0 Å². The summed E-state index contributed by atoms with van der Waals surface area (Å²) in [6.45, 7) is 7.39. The second-order valence-corrected chi connectivity index (χ2v) is 6.66. The third-order valence-electron chi connectivity index (χ3n) is 3.18. The van der Waals surface area contributed by atoms with Gasteiger partial charge in [0.2, 0.25) is 0 Å². The minimum atomic E-state index is -0.609. The van der Waals surface area contributed by atoms with Crippen molar-refractivity contribution in [2.24, 2.45) is 0 Å². The molecule has 1 atom stereocenters. The van der Waals surface area contributed by atoms with Crippen LogP contribution in [0.15, 0.2) is 0 Å². The molecule has 0 spiro atoms. The van der Waals surface area contributed by atoms with Crippen molar-refractivity contribution in [3.63, 3.8) is 0 Å². The van der Waals surface area contributed by atoms with Gasteiger partial charge in [0, 0.05) is 25.3 Å². The Balaban J connectivity index is 4.51. The van der Waals surface area contributed by atoms with Gasteiger partial charge in [-0.25, -0.2) is 4.79 Å². The van der Waals surface area contributed by atoms with E-state index < -0.39 is 17.7 Å². The molecule has 134 valence electrons. The monoisotopic (exact) mass is 329 g/mol. The van der Waals surface area contributed by atoms with Crippen molar-refractivity contribution in [2.75, 3.05) is 7.11 Å². The van der Waals surface area contributed by atoms with Gasteiger partial charge in [-0.3, -0.25) is 9.59 Å². The number of alkyl carbamates (subject to hydrolysis) is 1. The van der Waals surface area contributed by atoms with Gasteiger partial charge in [0.15, 0.2) is 0 Å². The average Bonchev–Trinajstić information content (AvgIpc) is 2.42. The summed E-state index contributed by atoms with van der Waals surface area (Å²) in [5.74, 6) is -0.274. The maximum absolute atomic E-state index is 12.0. The van der Waals surface area contributed by atoms with E-state index in [0.29, 0.717) is 12.8 Å². The van der Waals surface area contributed by atoms with Crippen LogP contribution in [0.3, 0.4) is 0 Å². The SMILES string of the molecule is CCCCCC(=O)C[C@H](CCC(=O)OC)NC(=O)OC(C)(C)C. The molecule has 0 aromatic heterocycles. The van der Waals surface area contributed by atoms with Gasteiger partial charge in [-0.15, -0.1) is 0 Å². The average molecular weight is 329 g/mol. The molecule has 6 heteroatoms. The first-order chi connectivity index (χ1) is 10.7. The van der Waals surface area contributed by atoms with Crippen molar-refractivity contribution in [3.8, 4) is 0 Å². The van der Waals surface area contributed by atoms with Gasteiger partial charge < -0.3 is 14.8 Å². The van der Waals surface area contributed by atoms with E-state index in [1.54, 1.807) is 20.8 Å². The van der Waals surface area contributed by atoms with Gasteiger partial charge in [-0.05, 0) is 33.6 Å². The fourth-order valence-corrected chi connectivity index (χ4v) is 2.04. The van der Waals surface area contributed by atoms with Crippen molar-refractivity contribution in [1.29, 1.82) is 0 Å². The van der Waals surface area contributed by atoms with E-state index in [2.05, 4.69) is 17.0 Å². The van der Waals surface area contributed by atoms with Crippen LogP contribution >= 0.6 is 0 Å². The first-order valence-corrected chi connectivity index (χ1v) is 8.26. The topological polar surface area (TPSA) is 81.7 Å². The van der Waals surface area contributed by atoms with E-state index in [1.165, 1.54) is 7.11 Å². The van der Waals surface area contributed by atoms with Crippen LogP contribution in [0, 0.1) is 0 Å². The summed E-state index contributed by atoms with van der Waals surface area (Å²) in [5, 5.41) is 2.68. The number of amides is 1.